The molecule has 2 N–H and O–H groups in total. The zero-order valence-electron chi connectivity index (χ0n) is 17.9. The lowest BCUT2D eigenvalue weighted by atomic mass is 10.1. The van der Waals surface area contributed by atoms with Crippen molar-refractivity contribution in [1.29, 1.82) is 0 Å². The monoisotopic (exact) mass is 490 g/mol. The van der Waals surface area contributed by atoms with E-state index in [4.69, 9.17) is 11.6 Å². The molecule has 4 rings (SSSR count). The van der Waals surface area contributed by atoms with Gasteiger partial charge in [-0.1, -0.05) is 60.1 Å². The van der Waals surface area contributed by atoms with E-state index in [0.29, 0.717) is 16.3 Å². The highest BCUT2D eigenvalue weighted by Crippen LogP contribution is 2.37. The number of thioether (sulfide) groups is 1. The minimum atomic E-state index is -0.604. The first-order valence-corrected chi connectivity index (χ1v) is 11.7. The minimum absolute atomic E-state index is 0.133. The summed E-state index contributed by atoms with van der Waals surface area (Å²) < 4.78 is 14.1. The molecule has 0 aromatic heterocycles. The van der Waals surface area contributed by atoms with Gasteiger partial charge in [0, 0.05) is 21.2 Å². The normalized spacial score (nSPS) is 11.5. The van der Waals surface area contributed by atoms with E-state index < -0.39 is 11.1 Å². The first-order chi connectivity index (χ1) is 16.5. The summed E-state index contributed by atoms with van der Waals surface area (Å²) in [5.41, 5.74) is 1.99. The molecule has 1 atom stereocenters. The summed E-state index contributed by atoms with van der Waals surface area (Å²) in [4.78, 5) is 26.4. The van der Waals surface area contributed by atoms with E-state index in [1.165, 1.54) is 23.9 Å². The molecule has 2 amide bonds. The van der Waals surface area contributed by atoms with Crippen LogP contribution in [-0.4, -0.2) is 11.8 Å². The Bertz CT molecular complexity index is 1300. The number of anilines is 2. The van der Waals surface area contributed by atoms with Gasteiger partial charge < -0.3 is 10.6 Å². The number of para-hydroxylation sites is 1. The van der Waals surface area contributed by atoms with E-state index in [1.807, 2.05) is 42.5 Å². The number of carbonyl (C=O) groups excluding carboxylic acids is 2. The van der Waals surface area contributed by atoms with Crippen LogP contribution in [0.1, 0.15) is 21.2 Å². The van der Waals surface area contributed by atoms with Crippen molar-refractivity contribution in [3.8, 4) is 0 Å². The van der Waals surface area contributed by atoms with E-state index in [-0.39, 0.29) is 17.5 Å². The van der Waals surface area contributed by atoms with Gasteiger partial charge in [-0.15, -0.1) is 11.8 Å². The zero-order chi connectivity index (χ0) is 23.9. The summed E-state index contributed by atoms with van der Waals surface area (Å²) in [7, 11) is 0. The average Bonchev–Trinajstić information content (AvgIpc) is 2.85. The largest absolute Gasteiger partial charge is 0.322 e. The molecule has 4 aromatic carbocycles. The molecule has 1 unspecified atom stereocenters. The van der Waals surface area contributed by atoms with Crippen molar-refractivity contribution in [2.24, 2.45) is 0 Å². The highest BCUT2D eigenvalue weighted by atomic mass is 35.5. The van der Waals surface area contributed by atoms with Gasteiger partial charge in [0.05, 0.1) is 5.69 Å². The second-order valence-corrected chi connectivity index (χ2v) is 8.98. The van der Waals surface area contributed by atoms with E-state index in [1.54, 1.807) is 48.5 Å². The standard InChI is InChI=1S/C27H20ClFN2O2S/c28-20-10-6-9-19(17-20)26(32)30-21-13-15-22(16-14-21)34-25(18-7-2-1-3-8-18)27(33)31-24-12-5-4-11-23(24)29/h1-17,25H,(H,30,32)(H,31,33). The third-order valence-corrected chi connectivity index (χ3v) is 6.43. The second-order valence-electron chi connectivity index (χ2n) is 7.37. The lowest BCUT2D eigenvalue weighted by Gasteiger charge is -2.17. The molecule has 4 nitrogen and oxygen atoms in total. The van der Waals surface area contributed by atoms with Crippen molar-refractivity contribution < 1.29 is 14.0 Å². The molecule has 0 bridgehead atoms. The lowest BCUT2D eigenvalue weighted by Crippen LogP contribution is -2.19. The molecule has 0 aliphatic carbocycles. The Morgan fingerprint density at radius 2 is 1.50 bits per heavy atom. The van der Waals surface area contributed by atoms with E-state index in [9.17, 15) is 14.0 Å². The number of carbonyl (C=O) groups is 2. The van der Waals surface area contributed by atoms with Gasteiger partial charge in [-0.25, -0.2) is 4.39 Å². The Labute approximate surface area is 206 Å². The molecular weight excluding hydrogens is 471 g/mol. The molecule has 34 heavy (non-hydrogen) atoms. The highest BCUT2D eigenvalue weighted by molar-refractivity contribution is 8.00. The van der Waals surface area contributed by atoms with Crippen LogP contribution in [0.2, 0.25) is 5.02 Å². The molecule has 0 aliphatic heterocycles. The zero-order valence-corrected chi connectivity index (χ0v) is 19.4. The average molecular weight is 491 g/mol. The van der Waals surface area contributed by atoms with Crippen molar-refractivity contribution in [1.82, 2.24) is 0 Å². The molecular formula is C27H20ClFN2O2S. The molecule has 4 aromatic rings. The molecule has 0 heterocycles. The van der Waals surface area contributed by atoms with Crippen molar-refractivity contribution in [3.05, 3.63) is 125 Å². The molecule has 170 valence electrons. The first kappa shape index (κ1) is 23.5. The maximum Gasteiger partial charge on any atom is 0.255 e. The number of hydrogen-bond acceptors (Lipinski definition) is 3. The Morgan fingerprint density at radius 1 is 0.794 bits per heavy atom. The van der Waals surface area contributed by atoms with Gasteiger partial charge in [0.1, 0.15) is 11.1 Å². The predicted molar refractivity (Wildman–Crippen MR) is 136 cm³/mol. The van der Waals surface area contributed by atoms with E-state index >= 15 is 0 Å². The van der Waals surface area contributed by atoms with Gasteiger partial charge in [-0.2, -0.15) is 0 Å². The predicted octanol–water partition coefficient (Wildman–Crippen LogP) is 7.20. The summed E-state index contributed by atoms with van der Waals surface area (Å²) in [5.74, 6) is -1.10. The van der Waals surface area contributed by atoms with E-state index in [2.05, 4.69) is 10.6 Å². The Kier molecular flexibility index (Phi) is 7.62. The Morgan fingerprint density at radius 3 is 2.21 bits per heavy atom. The fourth-order valence-corrected chi connectivity index (χ4v) is 4.46. The van der Waals surface area contributed by atoms with Crippen LogP contribution in [-0.2, 0) is 4.79 Å². The topological polar surface area (TPSA) is 58.2 Å². The molecule has 0 saturated carbocycles. The Balaban J connectivity index is 1.49. The van der Waals surface area contributed by atoms with Gasteiger partial charge in [-0.3, -0.25) is 9.59 Å². The molecule has 7 heteroatoms. The van der Waals surface area contributed by atoms with Gasteiger partial charge in [0.25, 0.3) is 5.91 Å². The lowest BCUT2D eigenvalue weighted by molar-refractivity contribution is -0.115. The quantitative estimate of drug-likeness (QED) is 0.269. The van der Waals surface area contributed by atoms with Crippen molar-refractivity contribution >= 4 is 46.6 Å². The third-order valence-electron chi connectivity index (χ3n) is 4.93. The van der Waals surface area contributed by atoms with Crippen molar-refractivity contribution in [2.75, 3.05) is 10.6 Å². The van der Waals surface area contributed by atoms with Crippen LogP contribution in [0.25, 0.3) is 0 Å². The van der Waals surface area contributed by atoms with Crippen LogP contribution in [0.15, 0.2) is 108 Å². The summed E-state index contributed by atoms with van der Waals surface area (Å²) in [6.07, 6.45) is 0. The Hall–Kier alpha value is -3.61. The van der Waals surface area contributed by atoms with Crippen LogP contribution in [0.4, 0.5) is 15.8 Å². The maximum absolute atomic E-state index is 14.1. The SMILES string of the molecule is O=C(Nc1ccc(SC(C(=O)Nc2ccccc2F)c2ccccc2)cc1)c1cccc(Cl)c1. The van der Waals surface area contributed by atoms with Gasteiger partial charge in [-0.05, 0) is 60.2 Å². The fourth-order valence-electron chi connectivity index (χ4n) is 3.25. The molecule has 0 saturated heterocycles. The van der Waals surface area contributed by atoms with Crippen LogP contribution < -0.4 is 10.6 Å². The van der Waals surface area contributed by atoms with Crippen LogP contribution >= 0.6 is 23.4 Å². The second kappa shape index (κ2) is 11.0. The first-order valence-electron chi connectivity index (χ1n) is 10.4. The number of hydrogen-bond donors (Lipinski definition) is 2. The summed E-state index contributed by atoms with van der Waals surface area (Å²) in [6, 6.07) is 29.2. The van der Waals surface area contributed by atoms with Gasteiger partial charge >= 0.3 is 0 Å². The number of amides is 2. The van der Waals surface area contributed by atoms with Gasteiger partial charge in [0.2, 0.25) is 5.91 Å². The molecule has 0 fully saturated rings. The number of halogens is 2. The van der Waals surface area contributed by atoms with E-state index in [0.717, 1.165) is 10.5 Å². The summed E-state index contributed by atoms with van der Waals surface area (Å²) >= 11 is 7.30. The van der Waals surface area contributed by atoms with Crippen LogP contribution in [0.5, 0.6) is 0 Å². The number of rotatable bonds is 7. The summed E-state index contributed by atoms with van der Waals surface area (Å²) in [5, 5.41) is 5.40. The number of nitrogens with one attached hydrogen (secondary N) is 2. The third kappa shape index (κ3) is 6.04. The molecule has 0 spiro atoms. The fraction of sp³-hybridized carbons (Fsp3) is 0.0370. The maximum atomic E-state index is 14.1. The van der Waals surface area contributed by atoms with Crippen LogP contribution in [0, 0.1) is 5.82 Å². The van der Waals surface area contributed by atoms with Crippen molar-refractivity contribution in [3.63, 3.8) is 0 Å². The minimum Gasteiger partial charge on any atom is -0.322 e. The van der Waals surface area contributed by atoms with Crippen molar-refractivity contribution in [2.45, 2.75) is 10.1 Å². The molecule has 0 radical (unpaired) electrons. The molecule has 0 aliphatic rings. The highest BCUT2D eigenvalue weighted by Gasteiger charge is 2.23. The van der Waals surface area contributed by atoms with Gasteiger partial charge in [0.15, 0.2) is 0 Å². The number of benzene rings is 4. The summed E-state index contributed by atoms with van der Waals surface area (Å²) in [6.45, 7) is 0. The van der Waals surface area contributed by atoms with Crippen LogP contribution in [0.3, 0.4) is 0 Å². The smallest absolute Gasteiger partial charge is 0.255 e.